The van der Waals surface area contributed by atoms with E-state index in [-0.39, 0.29) is 0 Å². The number of ether oxygens (including phenoxy) is 1. The molecule has 1 aromatic heterocycles. The van der Waals surface area contributed by atoms with Crippen molar-refractivity contribution in [3.8, 4) is 0 Å². The van der Waals surface area contributed by atoms with Crippen molar-refractivity contribution in [2.75, 3.05) is 6.61 Å². The number of pyridine rings is 1. The molecule has 0 atom stereocenters. The van der Waals surface area contributed by atoms with Crippen molar-refractivity contribution in [1.29, 1.82) is 0 Å². The van der Waals surface area contributed by atoms with Crippen molar-refractivity contribution < 1.29 is 4.74 Å². The van der Waals surface area contributed by atoms with Gasteiger partial charge >= 0.3 is 0 Å². The van der Waals surface area contributed by atoms with Crippen LogP contribution in [-0.4, -0.2) is 11.6 Å². The second-order valence-electron chi connectivity index (χ2n) is 3.32. The predicted octanol–water partition coefficient (Wildman–Crippen LogP) is 2.01. The molecule has 2 rings (SSSR count). The molecule has 0 aliphatic heterocycles. The maximum atomic E-state index is 5.50. The Balaban J connectivity index is 1.72. The molecule has 1 aliphatic rings. The first-order chi connectivity index (χ1) is 5.95. The summed E-state index contributed by atoms with van der Waals surface area (Å²) in [6, 6.07) is 3.98. The minimum absolute atomic E-state index is 0.713. The quantitative estimate of drug-likeness (QED) is 0.677. The summed E-state index contributed by atoms with van der Waals surface area (Å²) < 4.78 is 5.50. The van der Waals surface area contributed by atoms with Crippen molar-refractivity contribution in [2.24, 2.45) is 5.92 Å². The van der Waals surface area contributed by atoms with Crippen LogP contribution in [0, 0.1) is 5.92 Å². The maximum Gasteiger partial charge on any atom is 0.0731 e. The summed E-state index contributed by atoms with van der Waals surface area (Å²) in [4.78, 5) is 4.02. The van der Waals surface area contributed by atoms with Crippen LogP contribution in [0.1, 0.15) is 18.4 Å². The summed E-state index contributed by atoms with van der Waals surface area (Å²) in [5.41, 5.74) is 1.16. The summed E-state index contributed by atoms with van der Waals surface area (Å²) in [6.45, 7) is 1.64. The van der Waals surface area contributed by atoms with Crippen LogP contribution in [0.4, 0.5) is 0 Å². The first-order valence-corrected chi connectivity index (χ1v) is 4.42. The molecule has 1 aromatic rings. The largest absolute Gasteiger partial charge is 0.376 e. The molecule has 0 saturated heterocycles. The Labute approximate surface area is 72.6 Å². The van der Waals surface area contributed by atoms with Crippen LogP contribution in [0.2, 0.25) is 0 Å². The highest BCUT2D eigenvalue weighted by Crippen LogP contribution is 2.28. The number of nitrogens with zero attached hydrogens (tertiary/aromatic N) is 1. The topological polar surface area (TPSA) is 22.1 Å². The Morgan fingerprint density at radius 3 is 3.08 bits per heavy atom. The normalized spacial score (nSPS) is 16.3. The standard InChI is InChI=1S/C10H13NO/c1-2-10(6-11-5-1)8-12-7-9-3-4-9/h1-2,5-6,9H,3-4,7-8H2. The zero-order valence-electron chi connectivity index (χ0n) is 7.07. The molecule has 0 amide bonds. The second kappa shape index (κ2) is 3.68. The molecule has 0 spiro atoms. The average Bonchev–Trinajstić information content (AvgIpc) is 2.90. The maximum absolute atomic E-state index is 5.50. The van der Waals surface area contributed by atoms with E-state index in [1.54, 1.807) is 6.20 Å². The van der Waals surface area contributed by atoms with Gasteiger partial charge in [0.2, 0.25) is 0 Å². The third-order valence-corrected chi connectivity index (χ3v) is 2.04. The van der Waals surface area contributed by atoms with Crippen LogP contribution >= 0.6 is 0 Å². The Hall–Kier alpha value is -0.890. The van der Waals surface area contributed by atoms with E-state index >= 15 is 0 Å². The summed E-state index contributed by atoms with van der Waals surface area (Å²) in [7, 11) is 0. The van der Waals surface area contributed by atoms with E-state index in [1.165, 1.54) is 12.8 Å². The lowest BCUT2D eigenvalue weighted by molar-refractivity contribution is 0.111. The summed E-state index contributed by atoms with van der Waals surface area (Å²) in [6.07, 6.45) is 6.34. The van der Waals surface area contributed by atoms with Gasteiger partial charge in [-0.1, -0.05) is 6.07 Å². The van der Waals surface area contributed by atoms with E-state index in [0.29, 0.717) is 6.61 Å². The lowest BCUT2D eigenvalue weighted by Gasteiger charge is -2.01. The van der Waals surface area contributed by atoms with Gasteiger partial charge in [-0.3, -0.25) is 4.98 Å². The fourth-order valence-corrected chi connectivity index (χ4v) is 1.11. The van der Waals surface area contributed by atoms with Crippen molar-refractivity contribution >= 4 is 0 Å². The molecule has 12 heavy (non-hydrogen) atoms. The van der Waals surface area contributed by atoms with Crippen LogP contribution in [-0.2, 0) is 11.3 Å². The van der Waals surface area contributed by atoms with Crippen LogP contribution < -0.4 is 0 Å². The first kappa shape index (κ1) is 7.74. The predicted molar refractivity (Wildman–Crippen MR) is 46.6 cm³/mol. The molecular formula is C10H13NO. The highest BCUT2D eigenvalue weighted by Gasteiger charge is 2.20. The SMILES string of the molecule is c1cncc(COCC2CC2)c1. The Morgan fingerprint density at radius 1 is 1.50 bits per heavy atom. The number of hydrogen-bond acceptors (Lipinski definition) is 2. The van der Waals surface area contributed by atoms with Gasteiger partial charge in [0.25, 0.3) is 0 Å². The van der Waals surface area contributed by atoms with Gasteiger partial charge in [0.05, 0.1) is 6.61 Å². The van der Waals surface area contributed by atoms with Gasteiger partial charge in [0.1, 0.15) is 0 Å². The van der Waals surface area contributed by atoms with Crippen molar-refractivity contribution in [3.63, 3.8) is 0 Å². The molecule has 0 N–H and O–H groups in total. The van der Waals surface area contributed by atoms with Crippen LogP contribution in [0.15, 0.2) is 24.5 Å². The lowest BCUT2D eigenvalue weighted by Crippen LogP contribution is -1.96. The molecule has 1 fully saturated rings. The second-order valence-corrected chi connectivity index (χ2v) is 3.32. The molecule has 0 radical (unpaired) electrons. The third-order valence-electron chi connectivity index (χ3n) is 2.04. The van der Waals surface area contributed by atoms with E-state index in [4.69, 9.17) is 4.74 Å². The van der Waals surface area contributed by atoms with Gasteiger partial charge in [-0.15, -0.1) is 0 Å². The molecule has 0 aromatic carbocycles. The van der Waals surface area contributed by atoms with Crippen molar-refractivity contribution in [3.05, 3.63) is 30.1 Å². The van der Waals surface area contributed by atoms with E-state index in [9.17, 15) is 0 Å². The Morgan fingerprint density at radius 2 is 2.42 bits per heavy atom. The van der Waals surface area contributed by atoms with E-state index in [2.05, 4.69) is 4.98 Å². The Bertz CT molecular complexity index is 231. The minimum Gasteiger partial charge on any atom is -0.376 e. The smallest absolute Gasteiger partial charge is 0.0731 e. The Kier molecular flexibility index (Phi) is 2.37. The number of aromatic nitrogens is 1. The fourth-order valence-electron chi connectivity index (χ4n) is 1.11. The van der Waals surface area contributed by atoms with Gasteiger partial charge in [-0.25, -0.2) is 0 Å². The highest BCUT2D eigenvalue weighted by molar-refractivity contribution is 5.06. The molecular weight excluding hydrogens is 150 g/mol. The highest BCUT2D eigenvalue weighted by atomic mass is 16.5. The molecule has 64 valence electrons. The molecule has 1 saturated carbocycles. The summed E-state index contributed by atoms with van der Waals surface area (Å²) >= 11 is 0. The lowest BCUT2D eigenvalue weighted by atomic mass is 10.3. The van der Waals surface area contributed by atoms with Crippen LogP contribution in [0.3, 0.4) is 0 Å². The number of rotatable bonds is 4. The van der Waals surface area contributed by atoms with Gasteiger partial charge in [0, 0.05) is 19.0 Å². The number of hydrogen-bond donors (Lipinski definition) is 0. The molecule has 2 nitrogen and oxygen atoms in total. The molecule has 1 aliphatic carbocycles. The molecule has 2 heteroatoms. The van der Waals surface area contributed by atoms with E-state index in [1.807, 2.05) is 18.3 Å². The average molecular weight is 163 g/mol. The van der Waals surface area contributed by atoms with Crippen molar-refractivity contribution in [2.45, 2.75) is 19.4 Å². The van der Waals surface area contributed by atoms with Gasteiger partial charge in [-0.2, -0.15) is 0 Å². The van der Waals surface area contributed by atoms with Crippen molar-refractivity contribution in [1.82, 2.24) is 4.98 Å². The molecule has 0 bridgehead atoms. The summed E-state index contributed by atoms with van der Waals surface area (Å²) in [5, 5.41) is 0. The first-order valence-electron chi connectivity index (χ1n) is 4.42. The zero-order valence-corrected chi connectivity index (χ0v) is 7.07. The van der Waals surface area contributed by atoms with E-state index < -0.39 is 0 Å². The van der Waals surface area contributed by atoms with Gasteiger partial charge in [-0.05, 0) is 30.4 Å². The monoisotopic (exact) mass is 163 g/mol. The van der Waals surface area contributed by atoms with Gasteiger partial charge in [0.15, 0.2) is 0 Å². The van der Waals surface area contributed by atoms with Crippen LogP contribution in [0.5, 0.6) is 0 Å². The minimum atomic E-state index is 0.713. The zero-order chi connectivity index (χ0) is 8.23. The van der Waals surface area contributed by atoms with Crippen LogP contribution in [0.25, 0.3) is 0 Å². The third kappa shape index (κ3) is 2.31. The molecule has 1 heterocycles. The molecule has 0 unspecified atom stereocenters. The van der Waals surface area contributed by atoms with E-state index in [0.717, 1.165) is 18.1 Å². The van der Waals surface area contributed by atoms with Gasteiger partial charge < -0.3 is 4.74 Å². The fraction of sp³-hybridized carbons (Fsp3) is 0.500. The summed E-state index contributed by atoms with van der Waals surface area (Å²) in [5.74, 6) is 0.849.